The van der Waals surface area contributed by atoms with Crippen molar-refractivity contribution in [1.82, 2.24) is 20.1 Å². The van der Waals surface area contributed by atoms with Crippen LogP contribution in [0, 0.1) is 6.92 Å². The molecule has 4 N–H and O–H groups in total. The van der Waals surface area contributed by atoms with E-state index < -0.39 is 5.91 Å². The number of nitrogens with two attached hydrogens (primary N) is 1. The standard InChI is InChI=1S/C19H23N7O2/c1-3-15(27)26-10-4-5-14(11-26)22-19-23-18(16(17(20)28)24-25-19)21-13-8-6-12(2)7-9-13/h3,6-9,14H,1,4-5,10-11H2,2H3,(H2,20,28)(H2,21,22,23,25). The first-order chi connectivity index (χ1) is 13.5. The Morgan fingerprint density at radius 2 is 2.04 bits per heavy atom. The molecule has 1 aromatic heterocycles. The quantitative estimate of drug-likeness (QED) is 0.649. The lowest BCUT2D eigenvalue weighted by molar-refractivity contribution is -0.127. The normalized spacial score (nSPS) is 16.3. The topological polar surface area (TPSA) is 126 Å². The van der Waals surface area contributed by atoms with Crippen molar-refractivity contribution >= 4 is 29.3 Å². The third-order valence-electron chi connectivity index (χ3n) is 4.48. The monoisotopic (exact) mass is 381 g/mol. The predicted molar refractivity (Wildman–Crippen MR) is 106 cm³/mol. The Morgan fingerprint density at radius 1 is 1.29 bits per heavy atom. The van der Waals surface area contributed by atoms with Crippen LogP contribution in [0.4, 0.5) is 17.5 Å². The van der Waals surface area contributed by atoms with Crippen LogP contribution in [0.15, 0.2) is 36.9 Å². The molecule has 1 aliphatic heterocycles. The Bertz CT molecular complexity index is 882. The van der Waals surface area contributed by atoms with E-state index in [9.17, 15) is 9.59 Å². The maximum absolute atomic E-state index is 11.8. The van der Waals surface area contributed by atoms with Gasteiger partial charge < -0.3 is 21.3 Å². The maximum atomic E-state index is 11.8. The van der Waals surface area contributed by atoms with Crippen LogP contribution in [-0.2, 0) is 4.79 Å². The summed E-state index contributed by atoms with van der Waals surface area (Å²) >= 11 is 0. The zero-order valence-electron chi connectivity index (χ0n) is 15.7. The lowest BCUT2D eigenvalue weighted by atomic mass is 10.1. The molecule has 28 heavy (non-hydrogen) atoms. The van der Waals surface area contributed by atoms with Gasteiger partial charge in [0.1, 0.15) is 0 Å². The van der Waals surface area contributed by atoms with Crippen molar-refractivity contribution in [2.75, 3.05) is 23.7 Å². The minimum atomic E-state index is -0.721. The molecule has 0 saturated carbocycles. The number of likely N-dealkylation sites (tertiary alicyclic amines) is 1. The van der Waals surface area contributed by atoms with Crippen molar-refractivity contribution in [3.63, 3.8) is 0 Å². The number of hydrogen-bond acceptors (Lipinski definition) is 7. The summed E-state index contributed by atoms with van der Waals surface area (Å²) in [6.45, 7) is 6.73. The first-order valence-electron chi connectivity index (χ1n) is 9.02. The van der Waals surface area contributed by atoms with Gasteiger partial charge >= 0.3 is 0 Å². The smallest absolute Gasteiger partial charge is 0.273 e. The van der Waals surface area contributed by atoms with Crippen LogP contribution in [-0.4, -0.2) is 51.0 Å². The Labute approximate surface area is 163 Å². The van der Waals surface area contributed by atoms with E-state index in [1.807, 2.05) is 31.2 Å². The van der Waals surface area contributed by atoms with Crippen LogP contribution in [0.1, 0.15) is 28.9 Å². The van der Waals surface area contributed by atoms with Crippen molar-refractivity contribution in [3.05, 3.63) is 48.2 Å². The number of aromatic nitrogens is 3. The number of carbonyl (C=O) groups is 2. The van der Waals surface area contributed by atoms with E-state index in [1.54, 1.807) is 4.90 Å². The molecular weight excluding hydrogens is 358 g/mol. The maximum Gasteiger partial charge on any atom is 0.273 e. The summed E-state index contributed by atoms with van der Waals surface area (Å²) < 4.78 is 0. The van der Waals surface area contributed by atoms with Crippen molar-refractivity contribution in [2.24, 2.45) is 5.73 Å². The molecule has 0 spiro atoms. The summed E-state index contributed by atoms with van der Waals surface area (Å²) in [6, 6.07) is 7.59. The molecule has 1 saturated heterocycles. The van der Waals surface area contributed by atoms with E-state index in [1.165, 1.54) is 6.08 Å². The molecule has 0 aliphatic carbocycles. The summed E-state index contributed by atoms with van der Waals surface area (Å²) in [4.78, 5) is 29.6. The highest BCUT2D eigenvalue weighted by molar-refractivity contribution is 5.96. The summed E-state index contributed by atoms with van der Waals surface area (Å²) in [5, 5.41) is 14.1. The van der Waals surface area contributed by atoms with Gasteiger partial charge in [0.05, 0.1) is 0 Å². The summed E-state index contributed by atoms with van der Waals surface area (Å²) in [7, 11) is 0. The minimum Gasteiger partial charge on any atom is -0.364 e. The van der Waals surface area contributed by atoms with Gasteiger partial charge in [0, 0.05) is 24.8 Å². The van der Waals surface area contributed by atoms with E-state index in [2.05, 4.69) is 32.4 Å². The Balaban J connectivity index is 1.78. The second-order valence-electron chi connectivity index (χ2n) is 6.66. The van der Waals surface area contributed by atoms with Gasteiger partial charge in [0.2, 0.25) is 11.9 Å². The third kappa shape index (κ3) is 4.61. The lowest BCUT2D eigenvalue weighted by Gasteiger charge is -2.32. The highest BCUT2D eigenvalue weighted by Gasteiger charge is 2.23. The van der Waals surface area contributed by atoms with Crippen LogP contribution in [0.25, 0.3) is 0 Å². The number of hydrogen-bond donors (Lipinski definition) is 3. The molecule has 2 amide bonds. The van der Waals surface area contributed by atoms with Crippen LogP contribution in [0.5, 0.6) is 0 Å². The van der Waals surface area contributed by atoms with E-state index in [-0.39, 0.29) is 29.4 Å². The molecule has 1 unspecified atom stereocenters. The second-order valence-corrected chi connectivity index (χ2v) is 6.66. The average molecular weight is 381 g/mol. The van der Waals surface area contributed by atoms with E-state index in [4.69, 9.17) is 5.73 Å². The Morgan fingerprint density at radius 3 is 2.71 bits per heavy atom. The van der Waals surface area contributed by atoms with Crippen LogP contribution >= 0.6 is 0 Å². The third-order valence-corrected chi connectivity index (χ3v) is 4.48. The van der Waals surface area contributed by atoms with E-state index in [0.29, 0.717) is 13.1 Å². The van der Waals surface area contributed by atoms with Gasteiger partial charge in [-0.05, 0) is 38.0 Å². The second kappa shape index (κ2) is 8.47. The minimum absolute atomic E-state index is 0.0221. The van der Waals surface area contributed by atoms with Crippen molar-refractivity contribution in [2.45, 2.75) is 25.8 Å². The summed E-state index contributed by atoms with van der Waals surface area (Å²) in [6.07, 6.45) is 3.03. The molecule has 146 valence electrons. The predicted octanol–water partition coefficient (Wildman–Crippen LogP) is 1.61. The highest BCUT2D eigenvalue weighted by Crippen LogP contribution is 2.20. The number of amides is 2. The SMILES string of the molecule is C=CC(=O)N1CCCC(Nc2nnc(C(N)=O)c(Nc3ccc(C)cc3)n2)C1. The zero-order chi connectivity index (χ0) is 20.1. The van der Waals surface area contributed by atoms with Gasteiger partial charge in [-0.2, -0.15) is 4.98 Å². The number of carbonyl (C=O) groups excluding carboxylic acids is 2. The Hall–Kier alpha value is -3.49. The van der Waals surface area contributed by atoms with Gasteiger partial charge in [0.15, 0.2) is 11.5 Å². The number of nitrogens with zero attached hydrogens (tertiary/aromatic N) is 4. The van der Waals surface area contributed by atoms with E-state index >= 15 is 0 Å². The van der Waals surface area contributed by atoms with Gasteiger partial charge in [0.25, 0.3) is 5.91 Å². The summed E-state index contributed by atoms with van der Waals surface area (Å²) in [5.74, 6) is -0.334. The Kier molecular flexibility index (Phi) is 5.83. The number of primary amides is 1. The van der Waals surface area contributed by atoms with Crippen molar-refractivity contribution < 1.29 is 9.59 Å². The van der Waals surface area contributed by atoms with Crippen molar-refractivity contribution in [1.29, 1.82) is 0 Å². The molecule has 9 heteroatoms. The van der Waals surface area contributed by atoms with Gasteiger partial charge in [-0.3, -0.25) is 9.59 Å². The fourth-order valence-electron chi connectivity index (χ4n) is 3.02. The molecule has 0 bridgehead atoms. The largest absolute Gasteiger partial charge is 0.364 e. The van der Waals surface area contributed by atoms with Crippen LogP contribution in [0.2, 0.25) is 0 Å². The fourth-order valence-corrected chi connectivity index (χ4v) is 3.02. The summed E-state index contributed by atoms with van der Waals surface area (Å²) in [5.41, 5.74) is 7.22. The van der Waals surface area contributed by atoms with Gasteiger partial charge in [-0.15, -0.1) is 10.2 Å². The average Bonchev–Trinajstić information content (AvgIpc) is 2.69. The molecule has 1 atom stereocenters. The molecule has 1 fully saturated rings. The van der Waals surface area contributed by atoms with Crippen LogP contribution in [0.3, 0.4) is 0 Å². The molecule has 0 radical (unpaired) electrons. The first kappa shape index (κ1) is 19.3. The molecule has 9 nitrogen and oxygen atoms in total. The number of aryl methyl sites for hydroxylation is 1. The van der Waals surface area contributed by atoms with Crippen LogP contribution < -0.4 is 16.4 Å². The molecule has 2 heterocycles. The van der Waals surface area contributed by atoms with Gasteiger partial charge in [-0.25, -0.2) is 0 Å². The molecule has 1 aromatic carbocycles. The number of piperidine rings is 1. The van der Waals surface area contributed by atoms with Crippen molar-refractivity contribution in [3.8, 4) is 0 Å². The molecular formula is C19H23N7O2. The number of rotatable bonds is 6. The molecule has 3 rings (SSSR count). The zero-order valence-corrected chi connectivity index (χ0v) is 15.7. The number of nitrogens with one attached hydrogen (secondary N) is 2. The first-order valence-corrected chi connectivity index (χ1v) is 9.02. The molecule has 2 aromatic rings. The van der Waals surface area contributed by atoms with E-state index in [0.717, 1.165) is 24.1 Å². The molecule has 1 aliphatic rings. The number of anilines is 3. The van der Waals surface area contributed by atoms with Gasteiger partial charge in [-0.1, -0.05) is 24.3 Å². The fraction of sp³-hybridized carbons (Fsp3) is 0.316. The lowest BCUT2D eigenvalue weighted by Crippen LogP contribution is -2.44. The number of benzene rings is 1. The highest BCUT2D eigenvalue weighted by atomic mass is 16.2.